The van der Waals surface area contributed by atoms with Crippen molar-refractivity contribution in [2.24, 2.45) is 0 Å². The van der Waals surface area contributed by atoms with E-state index in [4.69, 9.17) is 16.3 Å². The molecule has 0 spiro atoms. The number of para-hydroxylation sites is 1. The van der Waals surface area contributed by atoms with E-state index in [-0.39, 0.29) is 0 Å². The van der Waals surface area contributed by atoms with Crippen molar-refractivity contribution >= 4 is 23.4 Å². The molecule has 0 aliphatic rings. The summed E-state index contributed by atoms with van der Waals surface area (Å²) < 4.78 is 5.86. The van der Waals surface area contributed by atoms with E-state index < -0.39 is 0 Å². The van der Waals surface area contributed by atoms with Crippen LogP contribution in [0, 0.1) is 0 Å². The Labute approximate surface area is 128 Å². The van der Waals surface area contributed by atoms with E-state index in [1.165, 1.54) is 0 Å². The third-order valence-corrected chi connectivity index (χ3v) is 3.84. The minimum atomic E-state index is 0.559. The number of ether oxygens (including phenoxy) is 1. The molecule has 1 N–H and O–H groups in total. The summed E-state index contributed by atoms with van der Waals surface area (Å²) in [5, 5.41) is 3.86. The van der Waals surface area contributed by atoms with E-state index >= 15 is 0 Å². The third kappa shape index (κ3) is 3.88. The highest BCUT2D eigenvalue weighted by Gasteiger charge is 2.07. The topological polar surface area (TPSA) is 34.2 Å². The Morgan fingerprint density at radius 2 is 2.05 bits per heavy atom. The Morgan fingerprint density at radius 3 is 2.80 bits per heavy atom. The molecule has 3 nitrogen and oxygen atoms in total. The molecule has 0 fully saturated rings. The van der Waals surface area contributed by atoms with Crippen LogP contribution in [0.15, 0.2) is 41.3 Å². The molecule has 0 aliphatic heterocycles. The molecule has 1 heterocycles. The van der Waals surface area contributed by atoms with Gasteiger partial charge in [0.05, 0.1) is 10.7 Å². The maximum Gasteiger partial charge on any atom is 0.219 e. The molecule has 2 rings (SSSR count). The monoisotopic (exact) mass is 308 g/mol. The van der Waals surface area contributed by atoms with Gasteiger partial charge in [-0.15, -0.1) is 11.8 Å². The van der Waals surface area contributed by atoms with Crippen molar-refractivity contribution in [1.82, 2.24) is 10.3 Å². The van der Waals surface area contributed by atoms with Crippen LogP contribution in [0.5, 0.6) is 11.6 Å². The lowest BCUT2D eigenvalue weighted by molar-refractivity contribution is 0.449. The number of pyridine rings is 1. The number of hydrogen-bond donors (Lipinski definition) is 1. The first-order chi connectivity index (χ1) is 9.74. The second-order valence-corrected chi connectivity index (χ2v) is 5.37. The van der Waals surface area contributed by atoms with E-state index in [1.54, 1.807) is 17.8 Å². The van der Waals surface area contributed by atoms with Crippen molar-refractivity contribution in [1.29, 1.82) is 0 Å². The lowest BCUT2D eigenvalue weighted by Gasteiger charge is -2.10. The van der Waals surface area contributed by atoms with E-state index in [9.17, 15) is 0 Å². The van der Waals surface area contributed by atoms with Crippen LogP contribution in [0.4, 0.5) is 0 Å². The first kappa shape index (κ1) is 15.2. The molecular weight excluding hydrogens is 292 g/mol. The third-order valence-electron chi connectivity index (χ3n) is 2.72. The van der Waals surface area contributed by atoms with Gasteiger partial charge in [0, 0.05) is 17.5 Å². The molecule has 1 aromatic carbocycles. The minimum absolute atomic E-state index is 0.559. The van der Waals surface area contributed by atoms with Crippen LogP contribution in [-0.2, 0) is 6.54 Å². The Morgan fingerprint density at radius 1 is 1.25 bits per heavy atom. The molecule has 0 amide bonds. The lowest BCUT2D eigenvalue weighted by Crippen LogP contribution is -2.13. The summed E-state index contributed by atoms with van der Waals surface area (Å²) >= 11 is 7.78. The van der Waals surface area contributed by atoms with Crippen molar-refractivity contribution < 1.29 is 4.74 Å². The summed E-state index contributed by atoms with van der Waals surface area (Å²) in [6.07, 6.45) is 2.02. The van der Waals surface area contributed by atoms with Gasteiger partial charge in [-0.1, -0.05) is 30.7 Å². The van der Waals surface area contributed by atoms with Crippen LogP contribution in [0.1, 0.15) is 12.6 Å². The quantitative estimate of drug-likeness (QED) is 0.804. The average Bonchev–Trinajstić information content (AvgIpc) is 2.48. The molecule has 0 bridgehead atoms. The Kier molecular flexibility index (Phi) is 5.71. The molecule has 0 saturated heterocycles. The fourth-order valence-corrected chi connectivity index (χ4v) is 2.40. The first-order valence-electron chi connectivity index (χ1n) is 6.41. The Balaban J connectivity index is 2.20. The number of hydrogen-bond acceptors (Lipinski definition) is 4. The molecule has 5 heteroatoms. The maximum absolute atomic E-state index is 6.13. The van der Waals surface area contributed by atoms with Gasteiger partial charge in [-0.2, -0.15) is 0 Å². The first-order valence-corrected chi connectivity index (χ1v) is 8.02. The van der Waals surface area contributed by atoms with Gasteiger partial charge in [-0.05, 0) is 31.0 Å². The number of nitrogens with zero attached hydrogens (tertiary/aromatic N) is 1. The number of thioether (sulfide) groups is 1. The number of aromatic nitrogens is 1. The number of nitrogens with one attached hydrogen (secondary N) is 1. The summed E-state index contributed by atoms with van der Waals surface area (Å²) in [4.78, 5) is 5.54. The predicted molar refractivity (Wildman–Crippen MR) is 84.9 cm³/mol. The van der Waals surface area contributed by atoms with E-state index in [0.717, 1.165) is 22.9 Å². The van der Waals surface area contributed by atoms with E-state index in [1.807, 2.05) is 43.5 Å². The lowest BCUT2D eigenvalue weighted by atomic mass is 10.3. The molecule has 0 unspecified atom stereocenters. The summed E-state index contributed by atoms with van der Waals surface area (Å²) in [5.41, 5.74) is 0.799. The minimum Gasteiger partial charge on any atom is -0.438 e. The van der Waals surface area contributed by atoms with Crippen molar-refractivity contribution in [2.45, 2.75) is 18.4 Å². The molecule has 20 heavy (non-hydrogen) atoms. The molecule has 106 valence electrons. The largest absolute Gasteiger partial charge is 0.438 e. The summed E-state index contributed by atoms with van der Waals surface area (Å²) in [7, 11) is 0. The van der Waals surface area contributed by atoms with Gasteiger partial charge in [0.15, 0.2) is 0 Å². The van der Waals surface area contributed by atoms with Crippen LogP contribution in [0.3, 0.4) is 0 Å². The average molecular weight is 309 g/mol. The standard InChI is InChI=1S/C15H17ClN2OS/c1-3-17-10-12-11(16)8-9-15(18-12)19-13-6-4-5-7-14(13)20-2/h4-9,17H,3,10H2,1-2H3. The van der Waals surface area contributed by atoms with E-state index in [0.29, 0.717) is 17.4 Å². The van der Waals surface area contributed by atoms with Crippen molar-refractivity contribution in [3.8, 4) is 11.6 Å². The SMILES string of the molecule is CCNCc1nc(Oc2ccccc2SC)ccc1Cl. The van der Waals surface area contributed by atoms with Gasteiger partial charge in [-0.3, -0.25) is 0 Å². The molecule has 0 atom stereocenters. The van der Waals surface area contributed by atoms with Gasteiger partial charge in [0.2, 0.25) is 5.88 Å². The van der Waals surface area contributed by atoms with Crippen LogP contribution in [0.25, 0.3) is 0 Å². The number of rotatable bonds is 6. The van der Waals surface area contributed by atoms with Gasteiger partial charge in [0.25, 0.3) is 0 Å². The smallest absolute Gasteiger partial charge is 0.219 e. The number of halogens is 1. The zero-order valence-electron chi connectivity index (χ0n) is 11.5. The highest BCUT2D eigenvalue weighted by atomic mass is 35.5. The second-order valence-electron chi connectivity index (χ2n) is 4.11. The van der Waals surface area contributed by atoms with Gasteiger partial charge in [-0.25, -0.2) is 4.98 Å². The van der Waals surface area contributed by atoms with Crippen molar-refractivity contribution in [2.75, 3.05) is 12.8 Å². The molecular formula is C15H17ClN2OS. The van der Waals surface area contributed by atoms with Crippen LogP contribution in [0.2, 0.25) is 5.02 Å². The van der Waals surface area contributed by atoms with Crippen LogP contribution >= 0.6 is 23.4 Å². The van der Waals surface area contributed by atoms with Crippen LogP contribution in [-0.4, -0.2) is 17.8 Å². The second kappa shape index (κ2) is 7.53. The normalized spacial score (nSPS) is 10.6. The van der Waals surface area contributed by atoms with E-state index in [2.05, 4.69) is 10.3 Å². The highest BCUT2D eigenvalue weighted by molar-refractivity contribution is 7.98. The van der Waals surface area contributed by atoms with Gasteiger partial charge < -0.3 is 10.1 Å². The molecule has 0 radical (unpaired) electrons. The van der Waals surface area contributed by atoms with Gasteiger partial charge >= 0.3 is 0 Å². The summed E-state index contributed by atoms with van der Waals surface area (Å²) in [6, 6.07) is 11.5. The summed E-state index contributed by atoms with van der Waals surface area (Å²) in [5.74, 6) is 1.37. The number of benzene rings is 1. The molecule has 2 aromatic rings. The Bertz CT molecular complexity index is 578. The Hall–Kier alpha value is -1.23. The molecule has 1 aromatic heterocycles. The van der Waals surface area contributed by atoms with Gasteiger partial charge in [0.1, 0.15) is 5.75 Å². The van der Waals surface area contributed by atoms with Crippen molar-refractivity contribution in [3.63, 3.8) is 0 Å². The fraction of sp³-hybridized carbons (Fsp3) is 0.267. The maximum atomic E-state index is 6.13. The zero-order valence-corrected chi connectivity index (χ0v) is 13.1. The van der Waals surface area contributed by atoms with Crippen molar-refractivity contribution in [3.05, 3.63) is 47.1 Å². The van der Waals surface area contributed by atoms with Crippen LogP contribution < -0.4 is 10.1 Å². The summed E-state index contributed by atoms with van der Waals surface area (Å²) in [6.45, 7) is 3.55. The highest BCUT2D eigenvalue weighted by Crippen LogP contribution is 2.31. The predicted octanol–water partition coefficient (Wildman–Crippen LogP) is 4.36. The fourth-order valence-electron chi connectivity index (χ4n) is 1.70. The zero-order chi connectivity index (χ0) is 14.4. The molecule has 0 aliphatic carbocycles. The molecule has 0 saturated carbocycles.